The number of ether oxygens (including phenoxy) is 1. The second kappa shape index (κ2) is 13.3. The molecule has 1 aliphatic heterocycles. The van der Waals surface area contributed by atoms with Crippen molar-refractivity contribution in [1.82, 2.24) is 4.57 Å². The molecule has 15 rings (SSSR count). The van der Waals surface area contributed by atoms with Gasteiger partial charge in [-0.05, 0) is 162 Å². The fraction of sp³-hybridized carbons (Fsp3) is 0.213. The van der Waals surface area contributed by atoms with Crippen molar-refractivity contribution in [3.8, 4) is 39.4 Å². The third-order valence-electron chi connectivity index (χ3n) is 16.6. The van der Waals surface area contributed by atoms with Gasteiger partial charge in [0.1, 0.15) is 11.5 Å². The average Bonchev–Trinajstić information content (AvgIpc) is 3.78. The summed E-state index contributed by atoms with van der Waals surface area (Å²) in [6.07, 6.45) is 6.75. The summed E-state index contributed by atoms with van der Waals surface area (Å²) < 4.78 is 9.29. The Morgan fingerprint density at radius 1 is 0.453 bits per heavy atom. The Bertz CT molecular complexity index is 3270. The molecule has 4 saturated carbocycles. The van der Waals surface area contributed by atoms with E-state index in [2.05, 4.69) is 205 Å². The summed E-state index contributed by atoms with van der Waals surface area (Å²) in [4.78, 5) is 2.51. The highest BCUT2D eigenvalue weighted by atomic mass is 16.5. The van der Waals surface area contributed by atoms with Gasteiger partial charge in [-0.15, -0.1) is 0 Å². The number of fused-ring (bicyclic) bond motifs is 8. The molecule has 1 aromatic heterocycles. The van der Waals surface area contributed by atoms with Crippen molar-refractivity contribution in [2.45, 2.75) is 56.8 Å². The van der Waals surface area contributed by atoms with E-state index in [0.29, 0.717) is 11.8 Å². The van der Waals surface area contributed by atoms with Crippen LogP contribution < -0.4 is 9.64 Å². The molecule has 3 nitrogen and oxygen atoms in total. The Morgan fingerprint density at radius 2 is 0.969 bits per heavy atom. The largest absolute Gasteiger partial charge is 0.457 e. The molecule has 2 heterocycles. The Kier molecular flexibility index (Phi) is 7.64. The molecule has 3 heteroatoms. The number of para-hydroxylation sites is 3. The lowest BCUT2D eigenvalue weighted by Crippen LogP contribution is -2.57. The van der Waals surface area contributed by atoms with Gasteiger partial charge in [0, 0.05) is 55.5 Å². The van der Waals surface area contributed by atoms with Gasteiger partial charge in [-0.3, -0.25) is 0 Å². The van der Waals surface area contributed by atoms with Crippen LogP contribution in [0.2, 0.25) is 0 Å². The topological polar surface area (TPSA) is 17.4 Å². The van der Waals surface area contributed by atoms with E-state index in [4.69, 9.17) is 4.74 Å². The van der Waals surface area contributed by atoms with Crippen LogP contribution in [0, 0.1) is 23.7 Å². The maximum Gasteiger partial charge on any atom is 0.131 e. The molecule has 64 heavy (non-hydrogen) atoms. The number of hydrogen-bond donors (Lipinski definition) is 0. The fourth-order valence-electron chi connectivity index (χ4n) is 14.1. The predicted molar refractivity (Wildman–Crippen MR) is 263 cm³/mol. The molecule has 0 saturated heterocycles. The summed E-state index contributed by atoms with van der Waals surface area (Å²) in [6.45, 7) is 4.77. The number of rotatable bonds is 5. The Hall–Kier alpha value is -6.84. The first-order valence-electron chi connectivity index (χ1n) is 23.6. The lowest BCUT2D eigenvalue weighted by atomic mass is 9.42. The van der Waals surface area contributed by atoms with E-state index in [-0.39, 0.29) is 10.8 Å². The second-order valence-electron chi connectivity index (χ2n) is 20.2. The first-order chi connectivity index (χ1) is 31.4. The van der Waals surface area contributed by atoms with Crippen LogP contribution in [0.25, 0.3) is 49.7 Å². The van der Waals surface area contributed by atoms with Crippen molar-refractivity contribution in [2.75, 3.05) is 4.90 Å². The van der Waals surface area contributed by atoms with Crippen molar-refractivity contribution >= 4 is 38.9 Å². The first kappa shape index (κ1) is 36.6. The van der Waals surface area contributed by atoms with Gasteiger partial charge in [-0.25, -0.2) is 0 Å². The van der Waals surface area contributed by atoms with Crippen molar-refractivity contribution in [3.63, 3.8) is 0 Å². The highest BCUT2D eigenvalue weighted by Gasteiger charge is 2.61. The number of benzene rings is 8. The smallest absolute Gasteiger partial charge is 0.131 e. The number of nitrogens with zero attached hydrogens (tertiary/aromatic N) is 2. The van der Waals surface area contributed by atoms with Crippen LogP contribution in [0.5, 0.6) is 11.5 Å². The third kappa shape index (κ3) is 5.04. The molecule has 8 aromatic carbocycles. The standard InChI is InChI=1S/C61H50N2O/c1-60(2)52-14-6-3-11-48(52)49-29-27-46(36-54(49)60)62(47-28-30-59-55(37-47)61(53-15-7-10-18-58(53)64-59)42-32-38-31-39(34-42)35-43(61)33-38)44-23-19-40(20-24-44)41-21-25-45(26-22-41)63-56-16-8-4-12-50(56)51-13-5-9-17-57(51)63/h3-30,36-39,42-43H,31-35H2,1-2H3. The molecule has 4 fully saturated rings. The van der Waals surface area contributed by atoms with E-state index in [9.17, 15) is 0 Å². The van der Waals surface area contributed by atoms with Gasteiger partial charge in [-0.2, -0.15) is 0 Å². The summed E-state index contributed by atoms with van der Waals surface area (Å²) in [5.41, 5.74) is 17.7. The minimum Gasteiger partial charge on any atom is -0.457 e. The molecular formula is C61H50N2O. The minimum atomic E-state index is -0.110. The lowest BCUT2D eigenvalue weighted by Gasteiger charge is -2.63. The molecule has 0 atom stereocenters. The van der Waals surface area contributed by atoms with Gasteiger partial charge >= 0.3 is 0 Å². The van der Waals surface area contributed by atoms with Crippen molar-refractivity contribution in [1.29, 1.82) is 0 Å². The van der Waals surface area contributed by atoms with Crippen LogP contribution >= 0.6 is 0 Å². The van der Waals surface area contributed by atoms with Crippen LogP contribution in [0.1, 0.15) is 68.2 Å². The molecule has 310 valence electrons. The van der Waals surface area contributed by atoms with Crippen LogP contribution in [-0.2, 0) is 10.8 Å². The minimum absolute atomic E-state index is 0.0317. The Labute approximate surface area is 375 Å². The summed E-state index contributed by atoms with van der Waals surface area (Å²) in [6, 6.07) is 68.1. The quantitative estimate of drug-likeness (QED) is 0.172. The van der Waals surface area contributed by atoms with Crippen LogP contribution in [-0.4, -0.2) is 4.57 Å². The van der Waals surface area contributed by atoms with Gasteiger partial charge in [0.2, 0.25) is 0 Å². The van der Waals surface area contributed by atoms with E-state index < -0.39 is 0 Å². The molecule has 0 amide bonds. The molecule has 1 spiro atoms. The van der Waals surface area contributed by atoms with Gasteiger partial charge < -0.3 is 14.2 Å². The summed E-state index contributed by atoms with van der Waals surface area (Å²) >= 11 is 0. The van der Waals surface area contributed by atoms with Crippen LogP contribution in [0.15, 0.2) is 182 Å². The van der Waals surface area contributed by atoms with Gasteiger partial charge in [0.25, 0.3) is 0 Å². The number of anilines is 3. The second-order valence-corrected chi connectivity index (χ2v) is 20.2. The molecule has 0 N–H and O–H groups in total. The monoisotopic (exact) mass is 826 g/mol. The lowest BCUT2D eigenvalue weighted by molar-refractivity contribution is -0.0452. The van der Waals surface area contributed by atoms with Gasteiger partial charge in [0.15, 0.2) is 0 Å². The zero-order chi connectivity index (χ0) is 42.3. The normalized spacial score (nSPS) is 22.8. The Morgan fingerprint density at radius 3 is 1.66 bits per heavy atom. The van der Waals surface area contributed by atoms with E-state index >= 15 is 0 Å². The van der Waals surface area contributed by atoms with Crippen molar-refractivity contribution < 1.29 is 4.74 Å². The maximum absolute atomic E-state index is 6.90. The zero-order valence-electron chi connectivity index (χ0n) is 36.5. The maximum atomic E-state index is 6.90. The molecule has 4 bridgehead atoms. The molecule has 0 unspecified atom stereocenters. The van der Waals surface area contributed by atoms with Crippen LogP contribution in [0.4, 0.5) is 17.1 Å². The van der Waals surface area contributed by atoms with Crippen molar-refractivity contribution in [2.24, 2.45) is 23.7 Å². The Balaban J connectivity index is 0.894. The first-order valence-corrected chi connectivity index (χ1v) is 23.6. The molecule has 5 aliphatic carbocycles. The number of aromatic nitrogens is 1. The summed E-state index contributed by atoms with van der Waals surface area (Å²) in [5.74, 6) is 5.11. The fourth-order valence-corrected chi connectivity index (χ4v) is 14.1. The van der Waals surface area contributed by atoms with E-state index in [1.165, 1.54) is 115 Å². The zero-order valence-corrected chi connectivity index (χ0v) is 36.5. The van der Waals surface area contributed by atoms with Gasteiger partial charge in [0.05, 0.1) is 11.0 Å². The molecule has 6 aliphatic rings. The van der Waals surface area contributed by atoms with Crippen molar-refractivity contribution in [3.05, 3.63) is 204 Å². The van der Waals surface area contributed by atoms with E-state index in [0.717, 1.165) is 29.0 Å². The predicted octanol–water partition coefficient (Wildman–Crippen LogP) is 16.1. The highest BCUT2D eigenvalue weighted by Crippen LogP contribution is 2.69. The molecule has 9 aromatic rings. The van der Waals surface area contributed by atoms with E-state index in [1.54, 1.807) is 0 Å². The average molecular weight is 827 g/mol. The molecule has 0 radical (unpaired) electrons. The van der Waals surface area contributed by atoms with Crippen LogP contribution in [0.3, 0.4) is 0 Å². The summed E-state index contributed by atoms with van der Waals surface area (Å²) in [7, 11) is 0. The molecular weight excluding hydrogens is 777 g/mol. The SMILES string of the molecule is CC1(C)c2ccccc2-c2ccc(N(c3ccc(-c4ccc(-n5c6ccccc6c6ccccc65)cc4)cc3)c3ccc4c(c3)C3(c5ccccc5O4)C4CC5CC(C4)CC3C5)cc21. The number of hydrogen-bond acceptors (Lipinski definition) is 2. The highest BCUT2D eigenvalue weighted by molar-refractivity contribution is 6.09. The van der Waals surface area contributed by atoms with Gasteiger partial charge in [-0.1, -0.05) is 123 Å². The summed E-state index contributed by atoms with van der Waals surface area (Å²) in [5, 5.41) is 2.56. The third-order valence-corrected chi connectivity index (χ3v) is 16.6. The van der Waals surface area contributed by atoms with E-state index in [1.807, 2.05) is 0 Å².